The van der Waals surface area contributed by atoms with Crippen LogP contribution in [0.3, 0.4) is 0 Å². The molecule has 3 aromatic heterocycles. The Labute approximate surface area is 122 Å². The molecule has 0 aliphatic heterocycles. The van der Waals surface area contributed by atoms with E-state index in [2.05, 4.69) is 24.2 Å². The first-order chi connectivity index (χ1) is 10.1. The highest BCUT2D eigenvalue weighted by Crippen LogP contribution is 2.65. The Hall–Kier alpha value is -1.77. The molecule has 0 amide bonds. The number of fused-ring (bicyclic) bond motifs is 3. The quantitative estimate of drug-likeness (QED) is 0.703. The minimum Gasteiger partial charge on any atom is -0.760 e. The number of aromatic nitrogens is 4. The van der Waals surface area contributed by atoms with E-state index >= 15 is 0 Å². The van der Waals surface area contributed by atoms with Crippen LogP contribution in [0.2, 0.25) is 0 Å². The zero-order chi connectivity index (χ0) is 14.2. The molecule has 2 bridgehead atoms. The van der Waals surface area contributed by atoms with Gasteiger partial charge in [-0.2, -0.15) is 0 Å². The molecule has 1 atom stereocenters. The highest BCUT2D eigenvalue weighted by atomic mass is 32.2. The van der Waals surface area contributed by atoms with Gasteiger partial charge in [-0.05, 0) is 25.3 Å². The van der Waals surface area contributed by atoms with Gasteiger partial charge in [-0.15, -0.1) is 0 Å². The van der Waals surface area contributed by atoms with Gasteiger partial charge in [-0.25, -0.2) is 14.7 Å². The molecule has 1 unspecified atom stereocenters. The zero-order valence-corrected chi connectivity index (χ0v) is 11.8. The Bertz CT molecular complexity index is 894. The van der Waals surface area contributed by atoms with Gasteiger partial charge in [0.2, 0.25) is 0 Å². The summed E-state index contributed by atoms with van der Waals surface area (Å²) in [6, 6.07) is 2.01. The SMILES string of the molecule is O=S([O-])NC12CC(n3cnc4cnc5[nH]ccc5c43)(C1)C2. The average Bonchev–Trinajstić information content (AvgIpc) is 2.96. The third kappa shape index (κ3) is 1.37. The molecule has 3 heterocycles. The molecule has 7 nitrogen and oxygen atoms in total. The lowest BCUT2D eigenvalue weighted by Crippen LogP contribution is -2.78. The van der Waals surface area contributed by atoms with E-state index in [1.54, 1.807) is 6.20 Å². The Morgan fingerprint density at radius 2 is 2.19 bits per heavy atom. The number of nitrogens with one attached hydrogen (secondary N) is 2. The third-order valence-corrected chi connectivity index (χ3v) is 5.50. The summed E-state index contributed by atoms with van der Waals surface area (Å²) in [7, 11) is 0. The Morgan fingerprint density at radius 1 is 1.38 bits per heavy atom. The molecule has 0 saturated heterocycles. The summed E-state index contributed by atoms with van der Waals surface area (Å²) in [6.07, 6.45) is 7.99. The second-order valence-corrected chi connectivity index (χ2v) is 6.89. The Morgan fingerprint density at radius 3 is 2.95 bits per heavy atom. The fourth-order valence-corrected chi connectivity index (χ4v) is 4.71. The predicted molar refractivity (Wildman–Crippen MR) is 76.0 cm³/mol. The van der Waals surface area contributed by atoms with Crippen molar-refractivity contribution in [3.05, 3.63) is 24.8 Å². The first-order valence-electron chi connectivity index (χ1n) is 6.78. The van der Waals surface area contributed by atoms with Crippen LogP contribution in [-0.2, 0) is 16.8 Å². The van der Waals surface area contributed by atoms with Crippen molar-refractivity contribution in [2.45, 2.75) is 30.3 Å². The normalized spacial score (nSPS) is 32.0. The van der Waals surface area contributed by atoms with Crippen LogP contribution in [0.1, 0.15) is 19.3 Å². The van der Waals surface area contributed by atoms with E-state index in [9.17, 15) is 8.76 Å². The number of aromatic amines is 1. The fraction of sp³-hybridized carbons (Fsp3) is 0.385. The minimum absolute atomic E-state index is 0.00662. The lowest BCUT2D eigenvalue weighted by Gasteiger charge is -2.71. The monoisotopic (exact) mass is 302 g/mol. The zero-order valence-electron chi connectivity index (χ0n) is 11.0. The van der Waals surface area contributed by atoms with Crippen molar-refractivity contribution < 1.29 is 8.76 Å². The van der Waals surface area contributed by atoms with Crippen molar-refractivity contribution in [1.82, 2.24) is 24.2 Å². The van der Waals surface area contributed by atoms with Crippen LogP contribution >= 0.6 is 0 Å². The maximum atomic E-state index is 10.8. The number of pyridine rings is 1. The first kappa shape index (κ1) is 11.8. The molecule has 108 valence electrons. The highest BCUT2D eigenvalue weighted by molar-refractivity contribution is 7.77. The van der Waals surface area contributed by atoms with E-state index < -0.39 is 11.3 Å². The standard InChI is InChI=1S/C13H13N5O2S/c19-21(20)17-12-4-13(5-12,6-12)18-7-16-9-3-15-11-8(10(9)18)1-2-14-11/h1-3,7,17H,4-6H2,(H,14,15)(H,19,20)/p-1. The largest absolute Gasteiger partial charge is 0.760 e. The van der Waals surface area contributed by atoms with Crippen LogP contribution in [0, 0.1) is 0 Å². The van der Waals surface area contributed by atoms with Gasteiger partial charge in [0.1, 0.15) is 11.2 Å². The van der Waals surface area contributed by atoms with Crippen molar-refractivity contribution in [2.24, 2.45) is 0 Å². The van der Waals surface area contributed by atoms with Crippen LogP contribution in [0.15, 0.2) is 24.8 Å². The molecule has 8 heteroatoms. The predicted octanol–water partition coefficient (Wildman–Crippen LogP) is 0.928. The van der Waals surface area contributed by atoms with Gasteiger partial charge in [-0.1, -0.05) is 0 Å². The van der Waals surface area contributed by atoms with Gasteiger partial charge in [-0.3, -0.25) is 4.21 Å². The molecule has 0 aromatic carbocycles. The molecular formula is C13H12N5O2S-. The maximum Gasteiger partial charge on any atom is 0.139 e. The van der Waals surface area contributed by atoms with Crippen molar-refractivity contribution in [1.29, 1.82) is 0 Å². The summed E-state index contributed by atoms with van der Waals surface area (Å²) in [5.41, 5.74) is 2.59. The van der Waals surface area contributed by atoms with Gasteiger partial charge in [0.05, 0.1) is 23.6 Å². The molecule has 0 radical (unpaired) electrons. The molecule has 0 spiro atoms. The smallest absolute Gasteiger partial charge is 0.139 e. The first-order valence-corrected chi connectivity index (χ1v) is 7.85. The molecule has 6 rings (SSSR count). The molecule has 3 aliphatic rings. The highest BCUT2D eigenvalue weighted by Gasteiger charge is 2.69. The van der Waals surface area contributed by atoms with Gasteiger partial charge in [0.15, 0.2) is 0 Å². The lowest BCUT2D eigenvalue weighted by atomic mass is 9.44. The van der Waals surface area contributed by atoms with Crippen molar-refractivity contribution in [2.75, 3.05) is 0 Å². The van der Waals surface area contributed by atoms with E-state index in [1.165, 1.54) is 0 Å². The molecule has 3 fully saturated rings. The number of nitrogens with zero attached hydrogens (tertiary/aromatic N) is 3. The van der Waals surface area contributed by atoms with E-state index in [0.717, 1.165) is 41.3 Å². The summed E-state index contributed by atoms with van der Waals surface area (Å²) < 4.78 is 26.5. The molecular weight excluding hydrogens is 290 g/mol. The van der Waals surface area contributed by atoms with E-state index in [1.807, 2.05) is 18.6 Å². The van der Waals surface area contributed by atoms with E-state index in [0.29, 0.717) is 0 Å². The molecule has 3 saturated carbocycles. The second-order valence-electron chi connectivity index (χ2n) is 6.22. The number of imidazole rings is 1. The summed E-state index contributed by atoms with van der Waals surface area (Å²) in [6.45, 7) is 0. The van der Waals surface area contributed by atoms with Gasteiger partial charge in [0, 0.05) is 28.4 Å². The second kappa shape index (κ2) is 3.52. The number of rotatable bonds is 3. The Balaban J connectivity index is 1.61. The van der Waals surface area contributed by atoms with Crippen molar-refractivity contribution in [3.63, 3.8) is 0 Å². The summed E-state index contributed by atoms with van der Waals surface area (Å²) in [5.74, 6) is 0. The van der Waals surface area contributed by atoms with Crippen LogP contribution in [0.4, 0.5) is 0 Å². The van der Waals surface area contributed by atoms with Crippen molar-refractivity contribution in [3.8, 4) is 0 Å². The van der Waals surface area contributed by atoms with Crippen LogP contribution in [0.5, 0.6) is 0 Å². The molecule has 3 aliphatic carbocycles. The number of hydrogen-bond donors (Lipinski definition) is 2. The van der Waals surface area contributed by atoms with E-state index in [-0.39, 0.29) is 11.1 Å². The summed E-state index contributed by atoms with van der Waals surface area (Å²) in [4.78, 5) is 11.9. The Kier molecular flexibility index (Phi) is 1.98. The van der Waals surface area contributed by atoms with Gasteiger partial charge >= 0.3 is 0 Å². The summed E-state index contributed by atoms with van der Waals surface area (Å²) >= 11 is -2.19. The molecule has 21 heavy (non-hydrogen) atoms. The molecule has 2 N–H and O–H groups in total. The minimum atomic E-state index is -2.19. The van der Waals surface area contributed by atoms with E-state index in [4.69, 9.17) is 0 Å². The average molecular weight is 302 g/mol. The topological polar surface area (TPSA) is 98.7 Å². The third-order valence-electron chi connectivity index (χ3n) is 4.91. The number of H-pyrrole nitrogens is 1. The van der Waals surface area contributed by atoms with Crippen LogP contribution in [0.25, 0.3) is 22.1 Å². The summed E-state index contributed by atoms with van der Waals surface area (Å²) in [5, 5.41) is 1.06. The van der Waals surface area contributed by atoms with Crippen LogP contribution in [-0.4, -0.2) is 33.8 Å². The fourth-order valence-electron chi connectivity index (χ4n) is 4.14. The van der Waals surface area contributed by atoms with Gasteiger partial charge < -0.3 is 14.1 Å². The lowest BCUT2D eigenvalue weighted by molar-refractivity contribution is -0.122. The number of hydrogen-bond acceptors (Lipinski definition) is 4. The van der Waals surface area contributed by atoms with Crippen molar-refractivity contribution >= 4 is 33.3 Å². The van der Waals surface area contributed by atoms with Crippen LogP contribution < -0.4 is 4.72 Å². The van der Waals surface area contributed by atoms with Gasteiger partial charge in [0.25, 0.3) is 0 Å². The maximum absolute atomic E-state index is 10.8. The molecule has 3 aromatic rings.